The van der Waals surface area contributed by atoms with E-state index in [4.69, 9.17) is 4.74 Å². The third kappa shape index (κ3) is 5.44. The zero-order valence-electron chi connectivity index (χ0n) is 13.4. The maximum absolute atomic E-state index is 11.9. The summed E-state index contributed by atoms with van der Waals surface area (Å²) < 4.78 is 5.13. The van der Waals surface area contributed by atoms with Gasteiger partial charge in [0.25, 0.3) is 0 Å². The van der Waals surface area contributed by atoms with Crippen LogP contribution in [-0.2, 0) is 9.53 Å². The summed E-state index contributed by atoms with van der Waals surface area (Å²) in [5, 5.41) is 0. The number of benzene rings is 2. The van der Waals surface area contributed by atoms with Gasteiger partial charge in [-0.1, -0.05) is 72.8 Å². The van der Waals surface area contributed by atoms with E-state index in [1.54, 1.807) is 19.1 Å². The number of esters is 1. The molecule has 0 bridgehead atoms. The number of hydrogen-bond donors (Lipinski definition) is 0. The molecule has 0 aromatic heterocycles. The number of hydrogen-bond acceptors (Lipinski definition) is 2. The quantitative estimate of drug-likeness (QED) is 0.326. The van der Waals surface area contributed by atoms with E-state index in [2.05, 4.69) is 0 Å². The van der Waals surface area contributed by atoms with E-state index in [1.165, 1.54) is 6.26 Å². The van der Waals surface area contributed by atoms with E-state index in [0.717, 1.165) is 16.7 Å². The Hall–Kier alpha value is -2.87. The standard InChI is InChI=1S/C21H20O2/c1-17(20-11-7-4-8-12-20)13-14-18(2)21(22)23-16-15-19-9-5-3-6-10-19/h3-16H,1-2H3. The molecule has 2 aromatic carbocycles. The van der Waals surface area contributed by atoms with Gasteiger partial charge in [0.05, 0.1) is 6.26 Å². The van der Waals surface area contributed by atoms with Gasteiger partial charge >= 0.3 is 5.97 Å². The maximum Gasteiger partial charge on any atom is 0.338 e. The van der Waals surface area contributed by atoms with Crippen LogP contribution < -0.4 is 0 Å². The Morgan fingerprint density at radius 2 is 1.48 bits per heavy atom. The summed E-state index contributed by atoms with van der Waals surface area (Å²) >= 11 is 0. The van der Waals surface area contributed by atoms with Crippen LogP contribution >= 0.6 is 0 Å². The van der Waals surface area contributed by atoms with Crippen LogP contribution in [0.5, 0.6) is 0 Å². The van der Waals surface area contributed by atoms with Crippen molar-refractivity contribution >= 4 is 17.6 Å². The molecular weight excluding hydrogens is 284 g/mol. The molecule has 0 spiro atoms. The van der Waals surface area contributed by atoms with Crippen molar-refractivity contribution < 1.29 is 9.53 Å². The number of allylic oxidation sites excluding steroid dienone is 3. The smallest absolute Gasteiger partial charge is 0.338 e. The number of ether oxygens (including phenoxy) is 1. The minimum atomic E-state index is -0.353. The molecule has 0 unspecified atom stereocenters. The van der Waals surface area contributed by atoms with E-state index in [0.29, 0.717) is 5.57 Å². The van der Waals surface area contributed by atoms with E-state index in [-0.39, 0.29) is 5.97 Å². The van der Waals surface area contributed by atoms with Crippen molar-refractivity contribution in [3.8, 4) is 0 Å². The summed E-state index contributed by atoms with van der Waals surface area (Å²) in [7, 11) is 0. The fourth-order valence-corrected chi connectivity index (χ4v) is 1.95. The van der Waals surface area contributed by atoms with Crippen molar-refractivity contribution in [1.82, 2.24) is 0 Å². The molecule has 0 radical (unpaired) electrons. The second kappa shape index (κ2) is 8.54. The fraction of sp³-hybridized carbons (Fsp3) is 0.0952. The topological polar surface area (TPSA) is 26.3 Å². The van der Waals surface area contributed by atoms with Crippen molar-refractivity contribution in [2.24, 2.45) is 0 Å². The first kappa shape index (κ1) is 16.5. The Kier molecular flexibility index (Phi) is 6.13. The molecule has 2 aromatic rings. The zero-order chi connectivity index (χ0) is 16.5. The van der Waals surface area contributed by atoms with Gasteiger partial charge in [-0.15, -0.1) is 0 Å². The van der Waals surface area contributed by atoms with Crippen LogP contribution in [0.15, 0.2) is 84.7 Å². The van der Waals surface area contributed by atoms with Gasteiger partial charge in [0, 0.05) is 5.57 Å². The second-order valence-corrected chi connectivity index (χ2v) is 5.18. The highest BCUT2D eigenvalue weighted by Gasteiger charge is 2.02. The molecule has 0 aliphatic carbocycles. The number of carbonyl (C=O) groups excluding carboxylic acids is 1. The molecule has 0 atom stereocenters. The van der Waals surface area contributed by atoms with E-state index in [9.17, 15) is 4.79 Å². The fourth-order valence-electron chi connectivity index (χ4n) is 1.95. The average Bonchev–Trinajstić information content (AvgIpc) is 2.61. The van der Waals surface area contributed by atoms with Crippen molar-refractivity contribution in [3.05, 3.63) is 95.8 Å². The summed E-state index contributed by atoms with van der Waals surface area (Å²) in [6, 6.07) is 19.7. The van der Waals surface area contributed by atoms with Crippen LogP contribution in [0.4, 0.5) is 0 Å². The highest BCUT2D eigenvalue weighted by molar-refractivity contribution is 5.89. The van der Waals surface area contributed by atoms with Gasteiger partial charge in [0.15, 0.2) is 0 Å². The summed E-state index contributed by atoms with van der Waals surface area (Å²) in [6.07, 6.45) is 6.88. The molecule has 23 heavy (non-hydrogen) atoms. The predicted octanol–water partition coefficient (Wildman–Crippen LogP) is 5.25. The van der Waals surface area contributed by atoms with Crippen LogP contribution in [-0.4, -0.2) is 5.97 Å². The van der Waals surface area contributed by atoms with Gasteiger partial charge in [-0.05, 0) is 36.6 Å². The second-order valence-electron chi connectivity index (χ2n) is 5.18. The molecule has 0 saturated heterocycles. The van der Waals surface area contributed by atoms with Crippen molar-refractivity contribution in [2.75, 3.05) is 0 Å². The van der Waals surface area contributed by atoms with E-state index >= 15 is 0 Å². The molecule has 2 rings (SSSR count). The third-order valence-electron chi connectivity index (χ3n) is 3.37. The number of rotatable bonds is 5. The molecule has 0 fully saturated rings. The highest BCUT2D eigenvalue weighted by Crippen LogP contribution is 2.13. The summed E-state index contributed by atoms with van der Waals surface area (Å²) in [6.45, 7) is 3.76. The summed E-state index contributed by atoms with van der Waals surface area (Å²) in [5.41, 5.74) is 3.77. The lowest BCUT2D eigenvalue weighted by Gasteiger charge is -2.01. The van der Waals surface area contributed by atoms with E-state index in [1.807, 2.05) is 73.7 Å². The molecule has 0 N–H and O–H groups in total. The van der Waals surface area contributed by atoms with Crippen molar-refractivity contribution in [1.29, 1.82) is 0 Å². The van der Waals surface area contributed by atoms with Gasteiger partial charge in [-0.2, -0.15) is 0 Å². The van der Waals surface area contributed by atoms with Crippen molar-refractivity contribution in [3.63, 3.8) is 0 Å². The van der Waals surface area contributed by atoms with Gasteiger partial charge in [-0.3, -0.25) is 0 Å². The van der Waals surface area contributed by atoms with Crippen LogP contribution in [0.2, 0.25) is 0 Å². The predicted molar refractivity (Wildman–Crippen MR) is 95.4 cm³/mol. The first-order chi connectivity index (χ1) is 11.2. The lowest BCUT2D eigenvalue weighted by Crippen LogP contribution is -2.00. The first-order valence-corrected chi connectivity index (χ1v) is 7.50. The minimum absolute atomic E-state index is 0.353. The normalized spacial score (nSPS) is 12.4. The van der Waals surface area contributed by atoms with Crippen molar-refractivity contribution in [2.45, 2.75) is 13.8 Å². The summed E-state index contributed by atoms with van der Waals surface area (Å²) in [5.74, 6) is -0.353. The average molecular weight is 304 g/mol. The molecule has 0 heterocycles. The Balaban J connectivity index is 1.95. The lowest BCUT2D eigenvalue weighted by atomic mass is 10.1. The molecule has 0 aliphatic rings. The Labute approximate surface area is 137 Å². The molecule has 2 nitrogen and oxygen atoms in total. The zero-order valence-corrected chi connectivity index (χ0v) is 13.4. The SMILES string of the molecule is CC(=CC=C(C)c1ccccc1)C(=O)OC=Cc1ccccc1. The van der Waals surface area contributed by atoms with Gasteiger partial charge in [0.1, 0.15) is 0 Å². The molecular formula is C21H20O2. The molecule has 0 saturated carbocycles. The van der Waals surface area contributed by atoms with E-state index < -0.39 is 0 Å². The Bertz CT molecular complexity index is 723. The van der Waals surface area contributed by atoms with Crippen LogP contribution in [0.25, 0.3) is 11.6 Å². The molecule has 116 valence electrons. The number of carbonyl (C=O) groups is 1. The monoisotopic (exact) mass is 304 g/mol. The van der Waals surface area contributed by atoms with Crippen LogP contribution in [0, 0.1) is 0 Å². The largest absolute Gasteiger partial charge is 0.431 e. The van der Waals surface area contributed by atoms with Gasteiger partial charge in [-0.25, -0.2) is 4.79 Å². The lowest BCUT2D eigenvalue weighted by molar-refractivity contribution is -0.133. The maximum atomic E-state index is 11.9. The molecule has 0 aliphatic heterocycles. The first-order valence-electron chi connectivity index (χ1n) is 7.50. The minimum Gasteiger partial charge on any atom is -0.431 e. The molecule has 2 heteroatoms. The van der Waals surface area contributed by atoms with Crippen LogP contribution in [0.3, 0.4) is 0 Å². The highest BCUT2D eigenvalue weighted by atomic mass is 16.5. The van der Waals surface area contributed by atoms with Gasteiger partial charge < -0.3 is 4.74 Å². The Morgan fingerprint density at radius 1 is 0.870 bits per heavy atom. The molecule has 0 amide bonds. The Morgan fingerprint density at radius 3 is 2.13 bits per heavy atom. The summed E-state index contributed by atoms with van der Waals surface area (Å²) in [4.78, 5) is 11.9. The van der Waals surface area contributed by atoms with Gasteiger partial charge in [0.2, 0.25) is 0 Å². The van der Waals surface area contributed by atoms with Crippen LogP contribution in [0.1, 0.15) is 25.0 Å². The third-order valence-corrected chi connectivity index (χ3v) is 3.37.